The van der Waals surface area contributed by atoms with Crippen molar-refractivity contribution in [2.24, 2.45) is 11.0 Å². The maximum absolute atomic E-state index is 12.1. The quantitative estimate of drug-likeness (QED) is 0.554. The Labute approximate surface area is 157 Å². The highest BCUT2D eigenvalue weighted by Gasteiger charge is 2.14. The molecule has 25 heavy (non-hydrogen) atoms. The van der Waals surface area contributed by atoms with Gasteiger partial charge in [0, 0.05) is 0 Å². The van der Waals surface area contributed by atoms with Crippen LogP contribution >= 0.6 is 23.2 Å². The molecule has 1 N–H and O–H groups in total. The van der Waals surface area contributed by atoms with E-state index in [9.17, 15) is 8.42 Å². The second-order valence-corrected chi connectivity index (χ2v) is 8.18. The summed E-state index contributed by atoms with van der Waals surface area (Å²) in [7, 11) is -3.81. The van der Waals surface area contributed by atoms with E-state index in [2.05, 4.69) is 23.8 Å². The molecular weight excluding hydrogens is 383 g/mol. The summed E-state index contributed by atoms with van der Waals surface area (Å²) in [5, 5.41) is 4.21. The number of benzene rings is 2. The summed E-state index contributed by atoms with van der Waals surface area (Å²) >= 11 is 11.6. The Morgan fingerprint density at radius 3 is 2.40 bits per heavy atom. The van der Waals surface area contributed by atoms with Gasteiger partial charge in [0.15, 0.2) is 0 Å². The first-order chi connectivity index (χ1) is 11.8. The lowest BCUT2D eigenvalue weighted by atomic mass is 10.2. The minimum Gasteiger partial charge on any atom is -0.493 e. The highest BCUT2D eigenvalue weighted by Crippen LogP contribution is 2.24. The largest absolute Gasteiger partial charge is 0.493 e. The minimum atomic E-state index is -3.81. The van der Waals surface area contributed by atoms with Gasteiger partial charge in [-0.15, -0.1) is 0 Å². The normalized spacial score (nSPS) is 11.9. The van der Waals surface area contributed by atoms with Crippen LogP contribution in [-0.4, -0.2) is 21.2 Å². The fourth-order valence-corrected chi connectivity index (χ4v) is 2.96. The van der Waals surface area contributed by atoms with Crippen LogP contribution in [0.15, 0.2) is 52.5 Å². The van der Waals surface area contributed by atoms with E-state index in [0.29, 0.717) is 12.5 Å². The zero-order valence-electron chi connectivity index (χ0n) is 13.7. The van der Waals surface area contributed by atoms with Crippen LogP contribution in [-0.2, 0) is 10.0 Å². The van der Waals surface area contributed by atoms with E-state index in [1.54, 1.807) is 24.3 Å². The lowest BCUT2D eigenvalue weighted by Gasteiger charge is -2.08. The third-order valence-corrected chi connectivity index (χ3v) is 5.01. The third-order valence-electron chi connectivity index (χ3n) is 3.05. The van der Waals surface area contributed by atoms with E-state index in [-0.39, 0.29) is 14.9 Å². The van der Waals surface area contributed by atoms with Gasteiger partial charge in [0.2, 0.25) is 0 Å². The number of hydrazone groups is 1. The van der Waals surface area contributed by atoms with Gasteiger partial charge in [-0.25, -0.2) is 4.83 Å². The first-order valence-electron chi connectivity index (χ1n) is 7.51. The van der Waals surface area contributed by atoms with Crippen molar-refractivity contribution in [3.8, 4) is 5.75 Å². The van der Waals surface area contributed by atoms with Gasteiger partial charge >= 0.3 is 0 Å². The molecule has 0 heterocycles. The van der Waals surface area contributed by atoms with Crippen molar-refractivity contribution in [2.45, 2.75) is 18.7 Å². The second-order valence-electron chi connectivity index (χ2n) is 5.70. The number of ether oxygens (including phenoxy) is 1. The second kappa shape index (κ2) is 8.56. The maximum atomic E-state index is 12.1. The molecule has 0 amide bonds. The summed E-state index contributed by atoms with van der Waals surface area (Å²) in [6.45, 7) is 4.78. The topological polar surface area (TPSA) is 67.8 Å². The standard InChI is InChI=1S/C17H18Cl2N2O3S/c1-12(2)11-24-14-5-3-13(4-6-14)10-20-21-25(22,23)15-7-8-16(18)17(19)9-15/h3-10,12,21H,11H2,1-2H3/b20-10+. The zero-order valence-corrected chi connectivity index (χ0v) is 16.1. The van der Waals surface area contributed by atoms with Gasteiger partial charge in [0.25, 0.3) is 10.0 Å². The highest BCUT2D eigenvalue weighted by molar-refractivity contribution is 7.89. The van der Waals surface area contributed by atoms with Gasteiger partial charge in [-0.1, -0.05) is 37.0 Å². The zero-order chi connectivity index (χ0) is 18.4. The molecule has 5 nitrogen and oxygen atoms in total. The number of nitrogens with zero attached hydrogens (tertiary/aromatic N) is 1. The highest BCUT2D eigenvalue weighted by atomic mass is 35.5. The Bertz CT molecular complexity index is 851. The van der Waals surface area contributed by atoms with Gasteiger partial charge in [0.1, 0.15) is 5.75 Å². The molecule has 0 fully saturated rings. The summed E-state index contributed by atoms with van der Waals surface area (Å²) in [4.78, 5) is 2.12. The van der Waals surface area contributed by atoms with Gasteiger partial charge in [-0.05, 0) is 53.9 Å². The van der Waals surface area contributed by atoms with E-state index in [1.165, 1.54) is 24.4 Å². The number of sulfonamides is 1. The molecule has 0 saturated carbocycles. The molecule has 0 spiro atoms. The van der Waals surface area contributed by atoms with E-state index < -0.39 is 10.0 Å². The van der Waals surface area contributed by atoms with Crippen LogP contribution in [0.5, 0.6) is 5.75 Å². The van der Waals surface area contributed by atoms with Crippen molar-refractivity contribution in [2.75, 3.05) is 6.61 Å². The Morgan fingerprint density at radius 2 is 1.80 bits per heavy atom. The summed E-state index contributed by atoms with van der Waals surface area (Å²) in [6.07, 6.45) is 1.40. The maximum Gasteiger partial charge on any atom is 0.276 e. The number of nitrogens with one attached hydrogen (secondary N) is 1. The Hall–Kier alpha value is -1.76. The van der Waals surface area contributed by atoms with E-state index >= 15 is 0 Å². The molecule has 134 valence electrons. The average Bonchev–Trinajstić information content (AvgIpc) is 2.56. The minimum absolute atomic E-state index is 0.0171. The van der Waals surface area contributed by atoms with Crippen LogP contribution in [0.2, 0.25) is 10.0 Å². The Kier molecular flexibility index (Phi) is 6.70. The van der Waals surface area contributed by atoms with Crippen molar-refractivity contribution in [3.05, 3.63) is 58.1 Å². The monoisotopic (exact) mass is 400 g/mol. The third kappa shape index (κ3) is 5.92. The number of halogens is 2. The Balaban J connectivity index is 2.00. The summed E-state index contributed by atoms with van der Waals surface area (Å²) < 4.78 is 29.9. The van der Waals surface area contributed by atoms with E-state index in [0.717, 1.165) is 11.3 Å². The number of rotatable bonds is 7. The SMILES string of the molecule is CC(C)COc1ccc(/C=N/NS(=O)(=O)c2ccc(Cl)c(Cl)c2)cc1. The lowest BCUT2D eigenvalue weighted by molar-refractivity contribution is 0.271. The molecule has 0 atom stereocenters. The van der Waals surface area contributed by atoms with Gasteiger partial charge in [-0.3, -0.25) is 0 Å². The van der Waals surface area contributed by atoms with E-state index in [4.69, 9.17) is 27.9 Å². The predicted molar refractivity (Wildman–Crippen MR) is 101 cm³/mol. The summed E-state index contributed by atoms with van der Waals surface area (Å²) in [6, 6.07) is 11.2. The fraction of sp³-hybridized carbons (Fsp3) is 0.235. The average molecular weight is 401 g/mol. The van der Waals surface area contributed by atoms with Crippen LogP contribution in [0.1, 0.15) is 19.4 Å². The van der Waals surface area contributed by atoms with E-state index in [1.807, 2.05) is 0 Å². The van der Waals surface area contributed by atoms with Gasteiger partial charge < -0.3 is 4.74 Å². The van der Waals surface area contributed by atoms with Crippen molar-refractivity contribution in [1.82, 2.24) is 4.83 Å². The molecule has 0 saturated heterocycles. The summed E-state index contributed by atoms with van der Waals surface area (Å²) in [5.74, 6) is 1.19. The Morgan fingerprint density at radius 1 is 1.12 bits per heavy atom. The molecule has 0 aliphatic carbocycles. The molecule has 2 aromatic carbocycles. The van der Waals surface area contributed by atoms with Crippen LogP contribution in [0.25, 0.3) is 0 Å². The van der Waals surface area contributed by atoms with Crippen molar-refractivity contribution in [3.63, 3.8) is 0 Å². The molecular formula is C17H18Cl2N2O3S. The molecule has 0 aromatic heterocycles. The number of hydrogen-bond acceptors (Lipinski definition) is 4. The van der Waals surface area contributed by atoms with Crippen LogP contribution in [0.3, 0.4) is 0 Å². The van der Waals surface area contributed by atoms with Gasteiger partial charge in [-0.2, -0.15) is 13.5 Å². The molecule has 0 aliphatic rings. The molecule has 0 unspecified atom stereocenters. The van der Waals surface area contributed by atoms with Crippen molar-refractivity contribution in [1.29, 1.82) is 0 Å². The lowest BCUT2D eigenvalue weighted by Crippen LogP contribution is -2.18. The first-order valence-corrected chi connectivity index (χ1v) is 9.74. The van der Waals surface area contributed by atoms with Crippen LogP contribution in [0, 0.1) is 5.92 Å². The summed E-state index contributed by atoms with van der Waals surface area (Å²) in [5.41, 5.74) is 0.730. The fourth-order valence-electron chi connectivity index (χ4n) is 1.78. The first kappa shape index (κ1) is 19.6. The molecule has 0 bridgehead atoms. The number of hydrogen-bond donors (Lipinski definition) is 1. The van der Waals surface area contributed by atoms with Crippen LogP contribution < -0.4 is 9.57 Å². The predicted octanol–water partition coefficient (Wildman–Crippen LogP) is 4.34. The molecule has 0 radical (unpaired) electrons. The molecule has 0 aliphatic heterocycles. The van der Waals surface area contributed by atoms with Crippen LogP contribution in [0.4, 0.5) is 0 Å². The molecule has 2 aromatic rings. The van der Waals surface area contributed by atoms with Crippen molar-refractivity contribution < 1.29 is 13.2 Å². The van der Waals surface area contributed by atoms with Gasteiger partial charge in [0.05, 0.1) is 27.8 Å². The molecule has 2 rings (SSSR count). The molecule has 8 heteroatoms. The smallest absolute Gasteiger partial charge is 0.276 e. The van der Waals surface area contributed by atoms with Crippen molar-refractivity contribution >= 4 is 39.4 Å².